The lowest BCUT2D eigenvalue weighted by molar-refractivity contribution is -0.144. The second-order valence-electron chi connectivity index (χ2n) is 5.82. The highest BCUT2D eigenvalue weighted by molar-refractivity contribution is 5.78. The van der Waals surface area contributed by atoms with E-state index in [1.54, 1.807) is 6.07 Å². The third-order valence-corrected chi connectivity index (χ3v) is 4.63. The topological polar surface area (TPSA) is 101 Å². The molecule has 2 aliphatic carbocycles. The number of hydrogen-bond donors (Lipinski definition) is 2. The van der Waals surface area contributed by atoms with Crippen LogP contribution in [-0.4, -0.2) is 32.6 Å². The van der Waals surface area contributed by atoms with Crippen molar-refractivity contribution in [1.29, 1.82) is 0 Å². The van der Waals surface area contributed by atoms with E-state index in [9.17, 15) is 19.5 Å². The summed E-state index contributed by atoms with van der Waals surface area (Å²) in [7, 11) is 0. The maximum absolute atomic E-state index is 12.1. The van der Waals surface area contributed by atoms with Crippen LogP contribution in [0.3, 0.4) is 0 Å². The average molecular weight is 291 g/mol. The Morgan fingerprint density at radius 2 is 2.14 bits per heavy atom. The van der Waals surface area contributed by atoms with Crippen molar-refractivity contribution in [2.75, 3.05) is 0 Å². The summed E-state index contributed by atoms with van der Waals surface area (Å²) in [5.74, 6) is -1.28. The molecule has 0 radical (unpaired) electrons. The number of aromatic nitrogens is 2. The fourth-order valence-electron chi connectivity index (χ4n) is 3.75. The molecule has 21 heavy (non-hydrogen) atoms. The monoisotopic (exact) mass is 291 g/mol. The molecular weight excluding hydrogens is 274 g/mol. The Kier molecular flexibility index (Phi) is 3.48. The van der Waals surface area contributed by atoms with Gasteiger partial charge in [-0.25, -0.2) is 9.78 Å². The van der Waals surface area contributed by atoms with Crippen molar-refractivity contribution in [2.24, 2.45) is 17.8 Å². The Bertz CT molecular complexity index is 627. The number of fused-ring (bicyclic) bond motifs is 2. The molecule has 112 valence electrons. The van der Waals surface area contributed by atoms with Gasteiger partial charge >= 0.3 is 11.7 Å². The number of carbonyl (C=O) groups excluding carboxylic acids is 1. The maximum Gasteiger partial charge on any atom is 0.347 e. The first-order valence-electron chi connectivity index (χ1n) is 7.10. The van der Waals surface area contributed by atoms with Gasteiger partial charge in [0.15, 0.2) is 0 Å². The van der Waals surface area contributed by atoms with E-state index in [4.69, 9.17) is 0 Å². The van der Waals surface area contributed by atoms with Gasteiger partial charge in [0.25, 0.3) is 0 Å². The number of rotatable bonds is 4. The molecule has 1 aromatic heterocycles. The predicted molar refractivity (Wildman–Crippen MR) is 72.4 cm³/mol. The fourth-order valence-corrected chi connectivity index (χ4v) is 3.75. The van der Waals surface area contributed by atoms with Crippen LogP contribution in [0.25, 0.3) is 0 Å². The SMILES string of the molecule is O=C(Cn1cccnc1=O)NC1C2CCC(C2)C1C(=O)O. The number of carbonyl (C=O) groups is 2. The molecule has 1 heterocycles. The van der Waals surface area contributed by atoms with Crippen molar-refractivity contribution < 1.29 is 14.7 Å². The van der Waals surface area contributed by atoms with E-state index >= 15 is 0 Å². The van der Waals surface area contributed by atoms with Crippen molar-refractivity contribution >= 4 is 11.9 Å². The molecule has 2 N–H and O–H groups in total. The lowest BCUT2D eigenvalue weighted by Gasteiger charge is -2.28. The second-order valence-corrected chi connectivity index (χ2v) is 5.82. The summed E-state index contributed by atoms with van der Waals surface area (Å²) in [5, 5.41) is 12.1. The Morgan fingerprint density at radius 3 is 2.86 bits per heavy atom. The first-order chi connectivity index (χ1) is 10.1. The van der Waals surface area contributed by atoms with E-state index in [0.29, 0.717) is 0 Å². The van der Waals surface area contributed by atoms with Gasteiger partial charge in [0, 0.05) is 18.4 Å². The highest BCUT2D eigenvalue weighted by Gasteiger charge is 2.51. The molecule has 3 rings (SSSR count). The number of nitrogens with zero attached hydrogens (tertiary/aromatic N) is 2. The van der Waals surface area contributed by atoms with Crippen molar-refractivity contribution in [2.45, 2.75) is 31.8 Å². The van der Waals surface area contributed by atoms with E-state index in [1.807, 2.05) is 0 Å². The van der Waals surface area contributed by atoms with Crippen LogP contribution < -0.4 is 11.0 Å². The minimum Gasteiger partial charge on any atom is -0.481 e. The third kappa shape index (κ3) is 2.55. The number of amides is 1. The molecule has 2 fully saturated rings. The van der Waals surface area contributed by atoms with Crippen LogP contribution in [-0.2, 0) is 16.1 Å². The molecule has 0 saturated heterocycles. The van der Waals surface area contributed by atoms with E-state index in [0.717, 1.165) is 19.3 Å². The van der Waals surface area contributed by atoms with Crippen LogP contribution in [0.15, 0.2) is 23.3 Å². The molecule has 2 aliphatic rings. The van der Waals surface area contributed by atoms with Crippen LogP contribution >= 0.6 is 0 Å². The van der Waals surface area contributed by atoms with Gasteiger partial charge in [-0.2, -0.15) is 0 Å². The zero-order valence-electron chi connectivity index (χ0n) is 11.4. The van der Waals surface area contributed by atoms with E-state index < -0.39 is 17.6 Å². The average Bonchev–Trinajstić information content (AvgIpc) is 3.02. The normalized spacial score (nSPS) is 30.3. The van der Waals surface area contributed by atoms with Gasteiger partial charge in [0.05, 0.1) is 5.92 Å². The summed E-state index contributed by atoms with van der Waals surface area (Å²) in [6.07, 6.45) is 5.62. The maximum atomic E-state index is 12.1. The van der Waals surface area contributed by atoms with Crippen molar-refractivity contribution in [3.05, 3.63) is 28.9 Å². The minimum atomic E-state index is -0.842. The van der Waals surface area contributed by atoms with E-state index in [2.05, 4.69) is 10.3 Å². The zero-order valence-corrected chi connectivity index (χ0v) is 11.4. The molecule has 7 heteroatoms. The lowest BCUT2D eigenvalue weighted by atomic mass is 9.84. The highest BCUT2D eigenvalue weighted by atomic mass is 16.4. The van der Waals surface area contributed by atoms with Gasteiger partial charge in [-0.15, -0.1) is 0 Å². The summed E-state index contributed by atoms with van der Waals surface area (Å²) in [5.41, 5.74) is -0.490. The Morgan fingerprint density at radius 1 is 1.38 bits per heavy atom. The number of carboxylic acid groups (broad SMARTS) is 1. The molecule has 2 saturated carbocycles. The third-order valence-electron chi connectivity index (χ3n) is 4.63. The summed E-state index contributed by atoms with van der Waals surface area (Å²) in [6, 6.07) is 1.26. The van der Waals surface area contributed by atoms with Gasteiger partial charge in [0.1, 0.15) is 6.54 Å². The number of nitrogens with one attached hydrogen (secondary N) is 1. The largest absolute Gasteiger partial charge is 0.481 e. The molecule has 4 unspecified atom stereocenters. The fraction of sp³-hybridized carbons (Fsp3) is 0.571. The predicted octanol–water partition coefficient (Wildman–Crippen LogP) is -0.141. The van der Waals surface area contributed by atoms with Gasteiger partial charge in [-0.3, -0.25) is 14.2 Å². The number of carboxylic acids is 1. The number of hydrogen-bond acceptors (Lipinski definition) is 4. The van der Waals surface area contributed by atoms with Crippen molar-refractivity contribution in [3.8, 4) is 0 Å². The molecule has 0 aliphatic heterocycles. The van der Waals surface area contributed by atoms with E-state index in [-0.39, 0.29) is 30.3 Å². The molecule has 7 nitrogen and oxygen atoms in total. The molecule has 0 spiro atoms. The van der Waals surface area contributed by atoms with Crippen LogP contribution in [0, 0.1) is 17.8 Å². The molecule has 2 bridgehead atoms. The van der Waals surface area contributed by atoms with E-state index in [1.165, 1.54) is 17.0 Å². The Labute approximate surface area is 121 Å². The lowest BCUT2D eigenvalue weighted by Crippen LogP contribution is -2.48. The molecule has 0 aromatic carbocycles. The second kappa shape index (κ2) is 5.31. The van der Waals surface area contributed by atoms with Crippen molar-refractivity contribution in [1.82, 2.24) is 14.9 Å². The first-order valence-corrected chi connectivity index (χ1v) is 7.10. The molecular formula is C14H17N3O4. The van der Waals surface area contributed by atoms with Gasteiger partial charge in [0.2, 0.25) is 5.91 Å². The van der Waals surface area contributed by atoms with Gasteiger partial charge < -0.3 is 10.4 Å². The van der Waals surface area contributed by atoms with Gasteiger partial charge in [-0.1, -0.05) is 0 Å². The van der Waals surface area contributed by atoms with Crippen LogP contribution in [0.4, 0.5) is 0 Å². The van der Waals surface area contributed by atoms with Crippen LogP contribution in [0.2, 0.25) is 0 Å². The summed E-state index contributed by atoms with van der Waals surface area (Å²) >= 11 is 0. The standard InChI is InChI=1S/C14H17N3O4/c18-10(7-17-5-1-4-15-14(17)21)16-12-9-3-2-8(6-9)11(12)13(19)20/h1,4-5,8-9,11-12H,2-3,6-7H2,(H,16,18)(H,19,20). The van der Waals surface area contributed by atoms with Gasteiger partial charge in [-0.05, 0) is 37.2 Å². The quantitative estimate of drug-likeness (QED) is 0.804. The first kappa shape index (κ1) is 13.8. The smallest absolute Gasteiger partial charge is 0.347 e. The number of aliphatic carboxylic acids is 1. The highest BCUT2D eigenvalue weighted by Crippen LogP contribution is 2.48. The Balaban J connectivity index is 1.69. The summed E-state index contributed by atoms with van der Waals surface area (Å²) in [4.78, 5) is 38.5. The van der Waals surface area contributed by atoms with Crippen molar-refractivity contribution in [3.63, 3.8) is 0 Å². The molecule has 4 atom stereocenters. The zero-order chi connectivity index (χ0) is 15.0. The van der Waals surface area contributed by atoms with Crippen LogP contribution in [0.1, 0.15) is 19.3 Å². The molecule has 1 aromatic rings. The Hall–Kier alpha value is -2.18. The van der Waals surface area contributed by atoms with Crippen LogP contribution in [0.5, 0.6) is 0 Å². The minimum absolute atomic E-state index is 0.132. The summed E-state index contributed by atoms with van der Waals surface area (Å²) in [6.45, 7) is -0.132. The summed E-state index contributed by atoms with van der Waals surface area (Å²) < 4.78 is 1.21. The molecule has 1 amide bonds.